The van der Waals surface area contributed by atoms with Crippen LogP contribution in [0, 0.1) is 23.7 Å². The largest absolute Gasteiger partial charge is 0.479 e. The number of hydrogen-bond donors (Lipinski definition) is 6. The fraction of sp³-hybridized carbons (Fsp3) is 0.629. The van der Waals surface area contributed by atoms with Crippen LogP contribution in [0.3, 0.4) is 0 Å². The van der Waals surface area contributed by atoms with Gasteiger partial charge >= 0.3 is 18.1 Å². The van der Waals surface area contributed by atoms with Gasteiger partial charge in [0.05, 0.1) is 19.2 Å². The third kappa shape index (κ3) is 12.3. The van der Waals surface area contributed by atoms with E-state index >= 15 is 0 Å². The summed E-state index contributed by atoms with van der Waals surface area (Å²) in [6, 6.07) is 3.73. The van der Waals surface area contributed by atoms with Gasteiger partial charge in [-0.2, -0.15) is 0 Å². The first kappa shape index (κ1) is 38.1. The van der Waals surface area contributed by atoms with E-state index in [9.17, 15) is 38.7 Å². The Bertz CT molecular complexity index is 1380. The molecule has 4 rings (SSSR count). The molecule has 0 heterocycles. The van der Waals surface area contributed by atoms with Gasteiger partial charge in [-0.05, 0) is 61.3 Å². The third-order valence-electron chi connectivity index (χ3n) is 9.05. The Morgan fingerprint density at radius 1 is 0.860 bits per heavy atom. The van der Waals surface area contributed by atoms with Crippen molar-refractivity contribution in [2.24, 2.45) is 23.7 Å². The van der Waals surface area contributed by atoms with Gasteiger partial charge in [-0.15, -0.1) is 0 Å². The number of hydrazine groups is 1. The topological polar surface area (TPSA) is 212 Å². The monoisotopic (exact) mass is 698 g/mol. The quantitative estimate of drug-likeness (QED) is 0.104. The number of alkyl carbamates (subject to hydrolysis) is 1. The molecule has 3 saturated carbocycles. The molecule has 0 saturated heterocycles. The Kier molecular flexibility index (Phi) is 14.0. The van der Waals surface area contributed by atoms with Crippen molar-refractivity contribution in [3.8, 4) is 0 Å². The zero-order valence-electron chi connectivity index (χ0n) is 28.8. The Labute approximate surface area is 292 Å². The fourth-order valence-corrected chi connectivity index (χ4v) is 5.91. The highest BCUT2D eigenvalue weighted by atomic mass is 16.5. The van der Waals surface area contributed by atoms with Crippen LogP contribution < -0.4 is 26.7 Å². The molecule has 6 amide bonds. The van der Waals surface area contributed by atoms with Crippen molar-refractivity contribution in [3.05, 3.63) is 35.9 Å². The van der Waals surface area contributed by atoms with Gasteiger partial charge in [-0.25, -0.2) is 19.4 Å². The van der Waals surface area contributed by atoms with E-state index in [-0.39, 0.29) is 43.2 Å². The number of amides is 6. The molecule has 0 radical (unpaired) electrons. The Morgan fingerprint density at radius 3 is 2.12 bits per heavy atom. The first-order chi connectivity index (χ1) is 23.9. The summed E-state index contributed by atoms with van der Waals surface area (Å²) in [4.78, 5) is 90.5. The first-order valence-electron chi connectivity index (χ1n) is 17.6. The lowest BCUT2D eigenvalue weighted by molar-refractivity contribution is -0.142. The normalized spacial score (nSPS) is 17.7. The van der Waals surface area contributed by atoms with Gasteiger partial charge in [0.1, 0.15) is 6.04 Å². The number of ether oxygens (including phenoxy) is 1. The van der Waals surface area contributed by atoms with Crippen molar-refractivity contribution >= 4 is 41.6 Å². The number of carbonyl (C=O) groups excluding carboxylic acids is 6. The summed E-state index contributed by atoms with van der Waals surface area (Å²) in [5.41, 5.74) is 3.01. The van der Waals surface area contributed by atoms with Gasteiger partial charge in [0.15, 0.2) is 6.04 Å². The molecule has 6 N–H and O–H groups in total. The molecule has 0 aliphatic heterocycles. The van der Waals surface area contributed by atoms with Crippen molar-refractivity contribution in [1.82, 2.24) is 31.7 Å². The maximum absolute atomic E-state index is 13.7. The van der Waals surface area contributed by atoms with Gasteiger partial charge in [-0.1, -0.05) is 76.3 Å². The predicted molar refractivity (Wildman–Crippen MR) is 180 cm³/mol. The van der Waals surface area contributed by atoms with E-state index in [0.29, 0.717) is 5.56 Å². The molecule has 15 nitrogen and oxygen atoms in total. The van der Waals surface area contributed by atoms with Crippen LogP contribution in [-0.4, -0.2) is 83.5 Å². The number of Topliss-reactive ketones (excluding diaryl/α,β-unsaturated/α-hetero) is 1. The summed E-state index contributed by atoms with van der Waals surface area (Å²) in [6.45, 7) is 3.50. The molecule has 0 bridgehead atoms. The Balaban J connectivity index is 1.38. The zero-order chi connectivity index (χ0) is 36.2. The standard InChI is InChI=1S/C35H50N6O9/c1-21(2)20-50-35(49)39-28(24-9-5-3-6-10-24)31(44)40-41(19-23-15-16-23)34(48)37-26(17-22-13-14-22)30(43)32(45)36-18-27(42)38-29(33(46)47)25-11-7-4-8-12-25/h4,7-8,11-12,21-24,26,28-29H,3,5-6,9-10,13-20H2,1-2H3,(H,36,45)(H,37,48)(H,38,42)(H,39,49)(H,40,44)(H,46,47)/t26-,28-,29-/m0/s1. The number of urea groups is 1. The van der Waals surface area contributed by atoms with Gasteiger partial charge < -0.3 is 31.1 Å². The van der Waals surface area contributed by atoms with Crippen LogP contribution in [0.2, 0.25) is 0 Å². The van der Waals surface area contributed by atoms with E-state index < -0.39 is 66.3 Å². The minimum absolute atomic E-state index is 0.106. The molecule has 3 aliphatic rings. The smallest absolute Gasteiger partial charge is 0.407 e. The van der Waals surface area contributed by atoms with Crippen molar-refractivity contribution in [2.75, 3.05) is 19.7 Å². The molecule has 1 aromatic rings. The zero-order valence-corrected chi connectivity index (χ0v) is 28.8. The molecule has 1 aromatic carbocycles. The number of aliphatic carboxylic acids is 1. The first-order valence-corrected chi connectivity index (χ1v) is 17.6. The molecule has 3 fully saturated rings. The Hall–Kier alpha value is -4.69. The number of rotatable bonds is 17. The van der Waals surface area contributed by atoms with Crippen molar-refractivity contribution in [1.29, 1.82) is 0 Å². The number of ketones is 1. The summed E-state index contributed by atoms with van der Waals surface area (Å²) in [6.07, 6.45) is 7.14. The van der Waals surface area contributed by atoms with Gasteiger partial charge in [0.2, 0.25) is 11.7 Å². The highest BCUT2D eigenvalue weighted by molar-refractivity contribution is 6.38. The lowest BCUT2D eigenvalue weighted by Gasteiger charge is -2.32. The average molecular weight is 699 g/mol. The van der Waals surface area contributed by atoms with E-state index in [4.69, 9.17) is 4.74 Å². The van der Waals surface area contributed by atoms with Crippen LogP contribution in [0.4, 0.5) is 9.59 Å². The van der Waals surface area contributed by atoms with Crippen LogP contribution in [0.25, 0.3) is 0 Å². The summed E-state index contributed by atoms with van der Waals surface area (Å²) >= 11 is 0. The SMILES string of the molecule is CC(C)COC(=O)N[C@H](C(=O)NN(CC1CC1)C(=O)N[C@@H](CC1CC1)C(=O)C(=O)NCC(=O)N[C@H](C(=O)O)c1ccccc1)C1CCCCC1. The van der Waals surface area contributed by atoms with Gasteiger partial charge in [0, 0.05) is 6.54 Å². The molecular formula is C35H50N6O9. The predicted octanol–water partition coefficient (Wildman–Crippen LogP) is 2.57. The highest BCUT2D eigenvalue weighted by Gasteiger charge is 2.38. The van der Waals surface area contributed by atoms with Crippen LogP contribution in [0.5, 0.6) is 0 Å². The van der Waals surface area contributed by atoms with E-state index in [1.165, 1.54) is 12.1 Å². The lowest BCUT2D eigenvalue weighted by atomic mass is 9.83. The number of carboxylic acids is 1. The summed E-state index contributed by atoms with van der Waals surface area (Å²) < 4.78 is 5.28. The van der Waals surface area contributed by atoms with Crippen LogP contribution >= 0.6 is 0 Å². The molecule has 50 heavy (non-hydrogen) atoms. The molecule has 0 unspecified atom stereocenters. The second-order valence-corrected chi connectivity index (χ2v) is 14.0. The van der Waals surface area contributed by atoms with Gasteiger partial charge in [0.25, 0.3) is 11.8 Å². The summed E-state index contributed by atoms with van der Waals surface area (Å²) in [5, 5.41) is 20.6. The molecule has 3 atom stereocenters. The van der Waals surface area contributed by atoms with Crippen molar-refractivity contribution in [3.63, 3.8) is 0 Å². The number of benzene rings is 1. The minimum atomic E-state index is -1.36. The van der Waals surface area contributed by atoms with E-state index in [0.717, 1.165) is 62.8 Å². The van der Waals surface area contributed by atoms with E-state index in [1.54, 1.807) is 18.2 Å². The number of carbonyl (C=O) groups is 7. The lowest BCUT2D eigenvalue weighted by Crippen LogP contribution is -2.60. The maximum Gasteiger partial charge on any atom is 0.407 e. The molecule has 0 spiro atoms. The van der Waals surface area contributed by atoms with Crippen LogP contribution in [0.15, 0.2) is 30.3 Å². The fourth-order valence-electron chi connectivity index (χ4n) is 5.91. The summed E-state index contributed by atoms with van der Waals surface area (Å²) in [7, 11) is 0. The molecular weight excluding hydrogens is 648 g/mol. The second kappa shape index (κ2) is 18.3. The Morgan fingerprint density at radius 2 is 1.52 bits per heavy atom. The second-order valence-electron chi connectivity index (χ2n) is 14.0. The third-order valence-corrected chi connectivity index (χ3v) is 9.05. The number of nitrogens with zero attached hydrogens (tertiary/aromatic N) is 1. The van der Waals surface area contributed by atoms with Crippen molar-refractivity contribution in [2.45, 2.75) is 96.2 Å². The molecule has 15 heteroatoms. The summed E-state index contributed by atoms with van der Waals surface area (Å²) in [5.74, 6) is -4.56. The number of hydrogen-bond acceptors (Lipinski definition) is 8. The minimum Gasteiger partial charge on any atom is -0.479 e. The number of carboxylic acid groups (broad SMARTS) is 1. The van der Waals surface area contributed by atoms with Gasteiger partial charge in [-0.3, -0.25) is 24.6 Å². The maximum atomic E-state index is 13.7. The molecule has 0 aromatic heterocycles. The van der Waals surface area contributed by atoms with E-state index in [2.05, 4.69) is 26.7 Å². The molecule has 274 valence electrons. The van der Waals surface area contributed by atoms with Crippen LogP contribution in [0.1, 0.15) is 89.7 Å². The average Bonchev–Trinajstić information content (AvgIpc) is 4.04. The highest BCUT2D eigenvalue weighted by Crippen LogP contribution is 2.34. The van der Waals surface area contributed by atoms with Crippen LogP contribution in [-0.2, 0) is 28.7 Å². The van der Waals surface area contributed by atoms with E-state index in [1.807, 2.05) is 13.8 Å². The number of nitrogens with one attached hydrogen (secondary N) is 5. The molecule has 3 aliphatic carbocycles. The van der Waals surface area contributed by atoms with Crippen molar-refractivity contribution < 1.29 is 43.4 Å².